The minimum Gasteiger partial charge on any atom is -0.392 e. The van der Waals surface area contributed by atoms with E-state index in [-0.39, 0.29) is 12.3 Å². The van der Waals surface area contributed by atoms with Crippen LogP contribution in [0.25, 0.3) is 0 Å². The number of anilines is 1. The fourth-order valence-electron chi connectivity index (χ4n) is 1.77. The van der Waals surface area contributed by atoms with Crippen LogP contribution in [0.1, 0.15) is 18.4 Å². The van der Waals surface area contributed by atoms with Crippen LogP contribution in [-0.2, 0) is 6.61 Å². The minimum atomic E-state index is -0.395. The third-order valence-corrected chi connectivity index (χ3v) is 2.89. The Morgan fingerprint density at radius 3 is 2.75 bits per heavy atom. The fraction of sp³-hybridized carbons (Fsp3) is 0.455. The third kappa shape index (κ3) is 1.99. The Morgan fingerprint density at radius 2 is 2.25 bits per heavy atom. The summed E-state index contributed by atoms with van der Waals surface area (Å²) in [7, 11) is 1.87. The van der Waals surface area contributed by atoms with Gasteiger partial charge >= 0.3 is 0 Å². The minimum absolute atomic E-state index is 0.0703. The van der Waals surface area contributed by atoms with Crippen LogP contribution < -0.4 is 4.90 Å². The van der Waals surface area contributed by atoms with Gasteiger partial charge < -0.3 is 10.0 Å². The summed E-state index contributed by atoms with van der Waals surface area (Å²) >= 11 is 0. The second-order valence-corrected chi connectivity index (χ2v) is 4.08. The molecule has 1 fully saturated rings. The van der Waals surface area contributed by atoms with Crippen molar-refractivity contribution in [3.8, 4) is 0 Å². The maximum Gasteiger partial charge on any atom is 0.292 e. The van der Waals surface area contributed by atoms with Gasteiger partial charge in [-0.15, -0.1) is 0 Å². The van der Waals surface area contributed by atoms with Crippen molar-refractivity contribution in [1.29, 1.82) is 0 Å². The van der Waals surface area contributed by atoms with Gasteiger partial charge in [-0.05, 0) is 24.5 Å². The highest BCUT2D eigenvalue weighted by molar-refractivity contribution is 5.65. The van der Waals surface area contributed by atoms with E-state index in [2.05, 4.69) is 0 Å². The number of aliphatic hydroxyl groups excluding tert-OH is 1. The Balaban J connectivity index is 2.38. The van der Waals surface area contributed by atoms with Gasteiger partial charge in [0, 0.05) is 19.2 Å². The summed E-state index contributed by atoms with van der Waals surface area (Å²) in [4.78, 5) is 12.5. The zero-order valence-corrected chi connectivity index (χ0v) is 9.09. The van der Waals surface area contributed by atoms with Gasteiger partial charge in [0.15, 0.2) is 0 Å². The van der Waals surface area contributed by atoms with Crippen molar-refractivity contribution in [3.05, 3.63) is 33.9 Å². The Kier molecular flexibility index (Phi) is 2.78. The molecule has 0 aromatic heterocycles. The molecule has 0 bridgehead atoms. The molecule has 2 rings (SSSR count). The van der Waals surface area contributed by atoms with Gasteiger partial charge in [-0.2, -0.15) is 0 Å². The summed E-state index contributed by atoms with van der Waals surface area (Å²) in [6.07, 6.45) is 2.19. The molecule has 0 atom stereocenters. The SMILES string of the molecule is CN(c1ccc(CO)cc1[N+](=O)[O-])C1CC1. The molecule has 0 unspecified atom stereocenters. The van der Waals surface area contributed by atoms with Crippen molar-refractivity contribution in [2.75, 3.05) is 11.9 Å². The molecule has 0 aliphatic heterocycles. The Hall–Kier alpha value is -1.62. The molecule has 16 heavy (non-hydrogen) atoms. The van der Waals surface area contributed by atoms with Gasteiger partial charge in [-0.25, -0.2) is 0 Å². The summed E-state index contributed by atoms with van der Waals surface area (Å²) in [5.74, 6) is 0. The number of aliphatic hydroxyl groups is 1. The molecule has 1 N–H and O–H groups in total. The quantitative estimate of drug-likeness (QED) is 0.621. The van der Waals surface area contributed by atoms with Crippen LogP contribution in [0.3, 0.4) is 0 Å². The lowest BCUT2D eigenvalue weighted by molar-refractivity contribution is -0.384. The lowest BCUT2D eigenvalue weighted by atomic mass is 10.1. The second kappa shape index (κ2) is 4.09. The molecule has 1 aliphatic rings. The van der Waals surface area contributed by atoms with E-state index in [1.807, 2.05) is 11.9 Å². The van der Waals surface area contributed by atoms with E-state index in [0.29, 0.717) is 17.3 Å². The molecule has 0 saturated heterocycles. The lowest BCUT2D eigenvalue weighted by Crippen LogP contribution is -2.20. The molecule has 0 heterocycles. The van der Waals surface area contributed by atoms with Crippen LogP contribution in [0.15, 0.2) is 18.2 Å². The molecule has 0 amide bonds. The predicted molar refractivity (Wildman–Crippen MR) is 60.4 cm³/mol. The maximum absolute atomic E-state index is 10.9. The molecule has 1 saturated carbocycles. The third-order valence-electron chi connectivity index (χ3n) is 2.89. The number of nitrogens with zero attached hydrogens (tertiary/aromatic N) is 2. The van der Waals surface area contributed by atoms with E-state index in [9.17, 15) is 10.1 Å². The fourth-order valence-corrected chi connectivity index (χ4v) is 1.77. The van der Waals surface area contributed by atoms with Gasteiger partial charge in [0.05, 0.1) is 11.5 Å². The lowest BCUT2D eigenvalue weighted by Gasteiger charge is -2.18. The largest absolute Gasteiger partial charge is 0.392 e. The summed E-state index contributed by atoms with van der Waals surface area (Å²) in [5.41, 5.74) is 1.27. The Morgan fingerprint density at radius 1 is 1.56 bits per heavy atom. The first-order valence-electron chi connectivity index (χ1n) is 5.24. The number of nitro benzene ring substituents is 1. The van der Waals surface area contributed by atoms with Gasteiger partial charge in [-0.3, -0.25) is 10.1 Å². The summed E-state index contributed by atoms with van der Waals surface area (Å²) in [5, 5.41) is 19.9. The smallest absolute Gasteiger partial charge is 0.292 e. The van der Waals surface area contributed by atoms with E-state index >= 15 is 0 Å². The number of rotatable bonds is 4. The number of hydrogen-bond acceptors (Lipinski definition) is 4. The second-order valence-electron chi connectivity index (χ2n) is 4.08. The topological polar surface area (TPSA) is 66.6 Å². The molecule has 86 valence electrons. The van der Waals surface area contributed by atoms with Crippen molar-refractivity contribution in [2.24, 2.45) is 0 Å². The molecular formula is C11H14N2O3. The Bertz CT molecular complexity index is 416. The molecule has 5 nitrogen and oxygen atoms in total. The van der Waals surface area contributed by atoms with E-state index < -0.39 is 4.92 Å². The van der Waals surface area contributed by atoms with E-state index in [1.54, 1.807) is 12.1 Å². The van der Waals surface area contributed by atoms with Gasteiger partial charge in [-0.1, -0.05) is 6.07 Å². The van der Waals surface area contributed by atoms with Crippen LogP contribution in [0.2, 0.25) is 0 Å². The van der Waals surface area contributed by atoms with Crippen molar-refractivity contribution < 1.29 is 10.0 Å². The molecule has 0 spiro atoms. The van der Waals surface area contributed by atoms with Crippen LogP contribution in [0.5, 0.6) is 0 Å². The van der Waals surface area contributed by atoms with Gasteiger partial charge in [0.25, 0.3) is 5.69 Å². The van der Waals surface area contributed by atoms with Crippen molar-refractivity contribution >= 4 is 11.4 Å². The van der Waals surface area contributed by atoms with Crippen LogP contribution >= 0.6 is 0 Å². The predicted octanol–water partition coefficient (Wildman–Crippen LogP) is 1.69. The highest BCUT2D eigenvalue weighted by atomic mass is 16.6. The van der Waals surface area contributed by atoms with Crippen molar-refractivity contribution in [3.63, 3.8) is 0 Å². The number of nitro groups is 1. The van der Waals surface area contributed by atoms with E-state index in [0.717, 1.165) is 12.8 Å². The summed E-state index contributed by atoms with van der Waals surface area (Å²) in [6.45, 7) is -0.172. The van der Waals surface area contributed by atoms with Crippen LogP contribution in [0.4, 0.5) is 11.4 Å². The monoisotopic (exact) mass is 222 g/mol. The van der Waals surface area contributed by atoms with E-state index in [1.165, 1.54) is 6.07 Å². The first-order chi connectivity index (χ1) is 7.63. The Labute approximate surface area is 93.5 Å². The number of benzene rings is 1. The average molecular weight is 222 g/mol. The van der Waals surface area contributed by atoms with Crippen molar-refractivity contribution in [2.45, 2.75) is 25.5 Å². The standard InChI is InChI=1S/C11H14N2O3/c1-12(9-3-4-9)10-5-2-8(7-14)6-11(10)13(15)16/h2,5-6,9,14H,3-4,7H2,1H3. The summed E-state index contributed by atoms with van der Waals surface area (Å²) < 4.78 is 0. The average Bonchev–Trinajstić information content (AvgIpc) is 3.11. The first kappa shape index (κ1) is 10.9. The molecule has 1 aromatic rings. The van der Waals surface area contributed by atoms with Crippen LogP contribution in [0, 0.1) is 10.1 Å². The first-order valence-corrected chi connectivity index (χ1v) is 5.24. The van der Waals surface area contributed by atoms with E-state index in [4.69, 9.17) is 5.11 Å². The highest BCUT2D eigenvalue weighted by Crippen LogP contribution is 2.36. The van der Waals surface area contributed by atoms with Gasteiger partial charge in [0.1, 0.15) is 5.69 Å². The molecule has 1 aromatic carbocycles. The van der Waals surface area contributed by atoms with Crippen molar-refractivity contribution in [1.82, 2.24) is 0 Å². The highest BCUT2D eigenvalue weighted by Gasteiger charge is 2.30. The molecule has 0 radical (unpaired) electrons. The molecular weight excluding hydrogens is 208 g/mol. The zero-order chi connectivity index (χ0) is 11.7. The molecule has 5 heteroatoms. The summed E-state index contributed by atoms with van der Waals surface area (Å²) in [6, 6.07) is 5.30. The molecule has 1 aliphatic carbocycles. The normalized spacial score (nSPS) is 14.9. The maximum atomic E-state index is 10.9. The number of hydrogen-bond donors (Lipinski definition) is 1. The van der Waals surface area contributed by atoms with Gasteiger partial charge in [0.2, 0.25) is 0 Å². The van der Waals surface area contributed by atoms with Crippen LogP contribution in [-0.4, -0.2) is 23.1 Å². The zero-order valence-electron chi connectivity index (χ0n) is 9.09.